The SMILES string of the molecule is O=S(=O)([C-](c1ccc2ccccc2c1)S(=O)(=O)C(F)(F)C(F)(F)F)C12CC3CC(CC(F)(C3)C1)C2. The van der Waals surface area contributed by atoms with Crippen LogP contribution in [-0.4, -0.2) is 38.7 Å². The molecule has 4 aliphatic rings. The molecule has 4 aliphatic carbocycles. The highest BCUT2D eigenvalue weighted by Crippen LogP contribution is 2.64. The van der Waals surface area contributed by atoms with Crippen molar-refractivity contribution in [3.05, 3.63) is 52.6 Å². The first-order valence-electron chi connectivity index (χ1n) is 11.0. The van der Waals surface area contributed by atoms with Gasteiger partial charge < -0.3 is 0 Å². The van der Waals surface area contributed by atoms with Gasteiger partial charge in [-0.25, -0.2) is 21.2 Å². The molecule has 2 aromatic carbocycles. The second-order valence-electron chi connectivity index (χ2n) is 10.2. The maximum Gasteiger partial charge on any atom is 0.468 e. The molecule has 4 saturated carbocycles. The molecule has 0 radical (unpaired) electrons. The summed E-state index contributed by atoms with van der Waals surface area (Å²) in [5, 5.41) is -5.63. The van der Waals surface area contributed by atoms with Crippen LogP contribution in [0.1, 0.15) is 44.1 Å². The van der Waals surface area contributed by atoms with E-state index in [4.69, 9.17) is 0 Å². The van der Waals surface area contributed by atoms with Gasteiger partial charge in [-0.05, 0) is 49.3 Å². The summed E-state index contributed by atoms with van der Waals surface area (Å²) in [4.78, 5) is 0. The summed E-state index contributed by atoms with van der Waals surface area (Å²) in [5.41, 5.74) is -2.72. The zero-order valence-electron chi connectivity index (χ0n) is 18.2. The standard InChI is InChI=1S/C23H21F6O4S2/c24-20-9-14-7-15(10-20)12-21(11-14,13-20)34(30,31)19(35(32,33)23(28,29)22(25,26)27)18-6-5-16-3-1-2-4-17(16)8-18/h1-6,8,14-15H,7,9-13H2/q-1. The van der Waals surface area contributed by atoms with Crippen molar-refractivity contribution in [2.45, 2.75) is 60.4 Å². The lowest BCUT2D eigenvalue weighted by molar-refractivity contribution is -0.241. The van der Waals surface area contributed by atoms with Crippen LogP contribution in [0, 0.1) is 16.4 Å². The molecular weight excluding hydrogens is 518 g/mol. The third-order valence-electron chi connectivity index (χ3n) is 7.65. The quantitative estimate of drug-likeness (QED) is 0.360. The largest absolute Gasteiger partial charge is 0.468 e. The molecule has 4 bridgehead atoms. The molecule has 0 N–H and O–H groups in total. The van der Waals surface area contributed by atoms with E-state index in [1.165, 1.54) is 18.2 Å². The number of alkyl halides is 6. The van der Waals surface area contributed by atoms with Crippen LogP contribution in [-0.2, 0) is 19.7 Å². The number of benzene rings is 2. The van der Waals surface area contributed by atoms with Crippen molar-refractivity contribution in [1.82, 2.24) is 0 Å². The van der Waals surface area contributed by atoms with Gasteiger partial charge in [-0.3, -0.25) is 0 Å². The molecule has 2 aromatic rings. The lowest BCUT2D eigenvalue weighted by atomic mass is 9.54. The van der Waals surface area contributed by atoms with Gasteiger partial charge in [0.25, 0.3) is 0 Å². The van der Waals surface area contributed by atoms with Gasteiger partial charge in [-0.2, -0.15) is 39.6 Å². The van der Waals surface area contributed by atoms with Crippen molar-refractivity contribution in [3.8, 4) is 0 Å². The number of hydrogen-bond acceptors (Lipinski definition) is 4. The van der Waals surface area contributed by atoms with Gasteiger partial charge in [0.2, 0.25) is 9.84 Å². The fourth-order valence-electron chi connectivity index (χ4n) is 6.62. The molecular formula is C23H21F6O4S2-. The summed E-state index contributed by atoms with van der Waals surface area (Å²) in [6.45, 7) is 0. The molecule has 35 heavy (non-hydrogen) atoms. The highest BCUT2D eigenvalue weighted by Gasteiger charge is 2.71. The average Bonchev–Trinajstić information content (AvgIpc) is 2.70. The second-order valence-corrected chi connectivity index (χ2v) is 14.6. The van der Waals surface area contributed by atoms with Crippen LogP contribution in [0.3, 0.4) is 0 Å². The van der Waals surface area contributed by atoms with E-state index in [9.17, 15) is 38.8 Å². The van der Waals surface area contributed by atoms with E-state index in [1.807, 2.05) is 0 Å². The van der Waals surface area contributed by atoms with Crippen LogP contribution in [0.2, 0.25) is 0 Å². The molecule has 4 nitrogen and oxygen atoms in total. The van der Waals surface area contributed by atoms with Crippen LogP contribution in [0.5, 0.6) is 0 Å². The summed E-state index contributed by atoms with van der Waals surface area (Å²) in [6, 6.07) is 9.29. The smallest absolute Gasteiger partial charge is 0.244 e. The zero-order chi connectivity index (χ0) is 25.7. The maximum atomic E-state index is 15.5. The molecule has 2 atom stereocenters. The molecule has 0 spiro atoms. The third kappa shape index (κ3) is 3.49. The Morgan fingerprint density at radius 1 is 0.829 bits per heavy atom. The summed E-state index contributed by atoms with van der Waals surface area (Å²) >= 11 is 0. The van der Waals surface area contributed by atoms with E-state index < -0.39 is 69.9 Å². The van der Waals surface area contributed by atoms with Gasteiger partial charge in [0.15, 0.2) is 0 Å². The van der Waals surface area contributed by atoms with Gasteiger partial charge in [0.05, 0.1) is 9.33 Å². The fourth-order valence-corrected chi connectivity index (χ4v) is 11.8. The predicted octanol–water partition coefficient (Wildman–Crippen LogP) is 5.72. The van der Waals surface area contributed by atoms with Gasteiger partial charge in [0.1, 0.15) is 15.5 Å². The van der Waals surface area contributed by atoms with Crippen molar-refractivity contribution in [2.75, 3.05) is 0 Å². The Bertz CT molecular complexity index is 1390. The van der Waals surface area contributed by atoms with E-state index in [0.717, 1.165) is 12.1 Å². The lowest BCUT2D eigenvalue weighted by Crippen LogP contribution is -2.62. The minimum absolute atomic E-state index is 0.0670. The highest BCUT2D eigenvalue weighted by atomic mass is 32.3. The number of rotatable bonds is 5. The summed E-state index contributed by atoms with van der Waals surface area (Å²) < 4.78 is 134. The maximum absolute atomic E-state index is 15.5. The summed E-state index contributed by atoms with van der Waals surface area (Å²) in [7, 11) is -12.2. The molecule has 0 amide bonds. The fraction of sp³-hybridized carbons (Fsp3) is 0.522. The average molecular weight is 540 g/mol. The summed E-state index contributed by atoms with van der Waals surface area (Å²) in [6.07, 6.45) is -6.90. The number of fused-ring (bicyclic) bond motifs is 1. The Labute approximate surface area is 198 Å². The first-order valence-corrected chi connectivity index (χ1v) is 14.0. The third-order valence-corrected chi connectivity index (χ3v) is 12.9. The summed E-state index contributed by atoms with van der Waals surface area (Å²) in [5.74, 6) is -0.834. The molecule has 192 valence electrons. The van der Waals surface area contributed by atoms with E-state index in [2.05, 4.69) is 0 Å². The Morgan fingerprint density at radius 3 is 1.94 bits per heavy atom. The molecule has 0 aliphatic heterocycles. The molecule has 12 heteroatoms. The topological polar surface area (TPSA) is 68.3 Å². The molecule has 4 fully saturated rings. The van der Waals surface area contributed by atoms with Crippen molar-refractivity contribution < 1.29 is 43.2 Å². The van der Waals surface area contributed by atoms with Crippen molar-refractivity contribution in [3.63, 3.8) is 0 Å². The minimum Gasteiger partial charge on any atom is -0.244 e. The van der Waals surface area contributed by atoms with Gasteiger partial charge in [-0.1, -0.05) is 29.7 Å². The normalized spacial score (nSPS) is 31.1. The number of sulfone groups is 2. The van der Waals surface area contributed by atoms with E-state index in [1.54, 1.807) is 12.1 Å². The Balaban J connectivity index is 1.74. The highest BCUT2D eigenvalue weighted by molar-refractivity contribution is 8.14. The van der Waals surface area contributed by atoms with E-state index in [0.29, 0.717) is 11.8 Å². The molecule has 0 aromatic heterocycles. The Hall–Kier alpha value is -1.95. The number of hydrogen-bond donors (Lipinski definition) is 0. The first kappa shape index (κ1) is 24.7. The van der Waals surface area contributed by atoms with Crippen LogP contribution in [0.15, 0.2) is 42.5 Å². The van der Waals surface area contributed by atoms with Crippen LogP contribution < -0.4 is 0 Å². The van der Waals surface area contributed by atoms with Crippen molar-refractivity contribution >= 4 is 30.4 Å². The number of halogens is 6. The molecule has 2 unspecified atom stereocenters. The van der Waals surface area contributed by atoms with E-state index in [-0.39, 0.29) is 31.1 Å². The monoisotopic (exact) mass is 539 g/mol. The lowest BCUT2D eigenvalue weighted by Gasteiger charge is -2.59. The minimum atomic E-state index is -6.80. The second kappa shape index (κ2) is 7.30. The zero-order valence-corrected chi connectivity index (χ0v) is 19.8. The van der Waals surface area contributed by atoms with Gasteiger partial charge in [0, 0.05) is 6.42 Å². The van der Waals surface area contributed by atoms with Crippen molar-refractivity contribution in [2.24, 2.45) is 11.8 Å². The van der Waals surface area contributed by atoms with Gasteiger partial charge >= 0.3 is 11.4 Å². The Kier molecular flexibility index (Phi) is 5.16. The van der Waals surface area contributed by atoms with Gasteiger partial charge in [-0.15, -0.1) is 6.07 Å². The van der Waals surface area contributed by atoms with Crippen LogP contribution >= 0.6 is 0 Å². The van der Waals surface area contributed by atoms with Crippen molar-refractivity contribution in [1.29, 1.82) is 0 Å². The molecule has 6 rings (SSSR count). The Morgan fingerprint density at radius 2 is 1.40 bits per heavy atom. The van der Waals surface area contributed by atoms with E-state index >= 15 is 4.39 Å². The molecule has 0 saturated heterocycles. The predicted molar refractivity (Wildman–Crippen MR) is 116 cm³/mol. The molecule has 0 heterocycles. The first-order chi connectivity index (χ1) is 16.0. The van der Waals surface area contributed by atoms with Crippen LogP contribution in [0.4, 0.5) is 26.3 Å². The van der Waals surface area contributed by atoms with Crippen LogP contribution in [0.25, 0.3) is 10.8 Å².